The maximum atomic E-state index is 13.0. The molecule has 0 N–H and O–H groups in total. The molecule has 1 aromatic carbocycles. The van der Waals surface area contributed by atoms with Crippen LogP contribution in [-0.4, -0.2) is 24.4 Å². The molecule has 1 aromatic rings. The molecule has 17 heavy (non-hydrogen) atoms. The fourth-order valence-electron chi connectivity index (χ4n) is 1.40. The van der Waals surface area contributed by atoms with E-state index in [1.54, 1.807) is 11.9 Å². The van der Waals surface area contributed by atoms with Crippen molar-refractivity contribution in [1.82, 2.24) is 4.90 Å². The second-order valence-electron chi connectivity index (χ2n) is 4.54. The third-order valence-corrected chi connectivity index (χ3v) is 3.16. The number of carbonyl (C=O) groups is 1. The van der Waals surface area contributed by atoms with Crippen molar-refractivity contribution in [2.24, 2.45) is 5.92 Å². The number of hydrogen-bond acceptors (Lipinski definition) is 1. The van der Waals surface area contributed by atoms with E-state index in [1.165, 1.54) is 18.2 Å². The van der Waals surface area contributed by atoms with Crippen molar-refractivity contribution < 1.29 is 9.18 Å². The van der Waals surface area contributed by atoms with Gasteiger partial charge in [-0.05, 0) is 46.5 Å². The maximum absolute atomic E-state index is 13.0. The Morgan fingerprint density at radius 3 is 2.65 bits per heavy atom. The summed E-state index contributed by atoms with van der Waals surface area (Å²) in [5, 5.41) is 0. The van der Waals surface area contributed by atoms with E-state index in [9.17, 15) is 9.18 Å². The monoisotopic (exact) mass is 301 g/mol. The fraction of sp³-hybridized carbons (Fsp3) is 0.462. The van der Waals surface area contributed by atoms with Gasteiger partial charge in [-0.1, -0.05) is 13.8 Å². The highest BCUT2D eigenvalue weighted by Crippen LogP contribution is 2.18. The Balaban J connectivity index is 2.71. The lowest BCUT2D eigenvalue weighted by atomic mass is 10.1. The molecule has 2 nitrogen and oxygen atoms in total. The van der Waals surface area contributed by atoms with E-state index in [4.69, 9.17) is 0 Å². The van der Waals surface area contributed by atoms with Gasteiger partial charge in [-0.25, -0.2) is 4.39 Å². The molecule has 0 heterocycles. The van der Waals surface area contributed by atoms with Crippen molar-refractivity contribution in [3.8, 4) is 0 Å². The van der Waals surface area contributed by atoms with E-state index in [-0.39, 0.29) is 11.7 Å². The number of nitrogens with zero attached hydrogens (tertiary/aromatic N) is 1. The second kappa shape index (κ2) is 6.15. The predicted molar refractivity (Wildman–Crippen MR) is 70.5 cm³/mol. The highest BCUT2D eigenvalue weighted by Gasteiger charge is 2.13. The Morgan fingerprint density at radius 1 is 1.47 bits per heavy atom. The number of halogens is 2. The van der Waals surface area contributed by atoms with Crippen LogP contribution in [0.15, 0.2) is 22.7 Å². The molecule has 0 saturated heterocycles. The predicted octanol–water partition coefficient (Wildman–Crippen LogP) is 3.71. The minimum atomic E-state index is -0.355. The minimum absolute atomic E-state index is 0.0775. The van der Waals surface area contributed by atoms with Crippen molar-refractivity contribution >= 4 is 21.8 Å². The maximum Gasteiger partial charge on any atom is 0.253 e. The summed E-state index contributed by atoms with van der Waals surface area (Å²) in [7, 11) is 1.77. The first-order valence-corrected chi connectivity index (χ1v) is 6.41. The first-order valence-electron chi connectivity index (χ1n) is 5.62. The van der Waals surface area contributed by atoms with Crippen LogP contribution in [0, 0.1) is 11.7 Å². The van der Waals surface area contributed by atoms with Crippen LogP contribution in [0.3, 0.4) is 0 Å². The summed E-state index contributed by atoms with van der Waals surface area (Å²) in [4.78, 5) is 13.7. The molecule has 0 aliphatic rings. The van der Waals surface area contributed by atoms with Gasteiger partial charge in [0.1, 0.15) is 5.82 Å². The van der Waals surface area contributed by atoms with Gasteiger partial charge in [0.2, 0.25) is 0 Å². The van der Waals surface area contributed by atoms with Crippen molar-refractivity contribution in [1.29, 1.82) is 0 Å². The molecule has 1 amide bonds. The molecule has 0 saturated carbocycles. The van der Waals surface area contributed by atoms with Crippen molar-refractivity contribution in [2.75, 3.05) is 13.6 Å². The topological polar surface area (TPSA) is 20.3 Å². The van der Waals surface area contributed by atoms with Gasteiger partial charge in [0, 0.05) is 19.2 Å². The summed E-state index contributed by atoms with van der Waals surface area (Å²) in [5.74, 6) is 0.128. The molecule has 0 fully saturated rings. The van der Waals surface area contributed by atoms with Crippen LogP contribution in [0.4, 0.5) is 4.39 Å². The zero-order chi connectivity index (χ0) is 13.0. The number of amides is 1. The molecule has 0 unspecified atom stereocenters. The average molecular weight is 302 g/mol. The van der Waals surface area contributed by atoms with Gasteiger partial charge in [0.25, 0.3) is 5.91 Å². The van der Waals surface area contributed by atoms with Gasteiger partial charge in [0.15, 0.2) is 0 Å². The Morgan fingerprint density at radius 2 is 2.12 bits per heavy atom. The molecule has 0 aliphatic heterocycles. The normalized spacial score (nSPS) is 10.7. The molecule has 1 rings (SSSR count). The van der Waals surface area contributed by atoms with E-state index >= 15 is 0 Å². The van der Waals surface area contributed by atoms with Gasteiger partial charge in [0.05, 0.1) is 4.47 Å². The summed E-state index contributed by atoms with van der Waals surface area (Å²) in [5.41, 5.74) is 0.504. The molecule has 0 spiro atoms. The van der Waals surface area contributed by atoms with E-state index in [2.05, 4.69) is 29.8 Å². The third kappa shape index (κ3) is 4.11. The van der Waals surface area contributed by atoms with E-state index in [1.807, 2.05) is 0 Å². The quantitative estimate of drug-likeness (QED) is 0.830. The van der Waals surface area contributed by atoms with Gasteiger partial charge >= 0.3 is 0 Å². The van der Waals surface area contributed by atoms with Gasteiger partial charge < -0.3 is 4.90 Å². The summed E-state index contributed by atoms with van der Waals surface area (Å²) in [6, 6.07) is 4.32. The third-order valence-electron chi connectivity index (χ3n) is 2.56. The van der Waals surface area contributed by atoms with Crippen LogP contribution in [0.5, 0.6) is 0 Å². The molecule has 0 bridgehead atoms. The molecule has 4 heteroatoms. The molecular formula is C13H17BrFNO. The van der Waals surface area contributed by atoms with Gasteiger partial charge in [-0.2, -0.15) is 0 Å². The molecular weight excluding hydrogens is 285 g/mol. The molecule has 0 aromatic heterocycles. The SMILES string of the molecule is CC(C)CCN(C)C(=O)c1ccc(F)c(Br)c1. The summed E-state index contributed by atoms with van der Waals surface area (Å²) in [6.07, 6.45) is 0.963. The lowest BCUT2D eigenvalue weighted by molar-refractivity contribution is 0.0789. The first-order chi connectivity index (χ1) is 7.91. The number of hydrogen-bond donors (Lipinski definition) is 0. The Hall–Kier alpha value is -0.900. The number of benzene rings is 1. The van der Waals surface area contributed by atoms with Crippen molar-refractivity contribution in [3.05, 3.63) is 34.1 Å². The molecule has 0 aliphatic carbocycles. The molecule has 94 valence electrons. The first kappa shape index (κ1) is 14.2. The van der Waals surface area contributed by atoms with E-state index in [0.717, 1.165) is 6.42 Å². The van der Waals surface area contributed by atoms with Crippen LogP contribution in [0.25, 0.3) is 0 Å². The highest BCUT2D eigenvalue weighted by atomic mass is 79.9. The van der Waals surface area contributed by atoms with Crippen molar-refractivity contribution in [2.45, 2.75) is 20.3 Å². The summed E-state index contributed by atoms with van der Waals surface area (Å²) in [6.45, 7) is 4.95. The Kier molecular flexibility index (Phi) is 5.12. The largest absolute Gasteiger partial charge is 0.342 e. The fourth-order valence-corrected chi connectivity index (χ4v) is 1.78. The standard InChI is InChI=1S/C13H17BrFNO/c1-9(2)6-7-16(3)13(17)10-4-5-12(15)11(14)8-10/h4-5,8-9H,6-7H2,1-3H3. The van der Waals surface area contributed by atoms with Crippen LogP contribution >= 0.6 is 15.9 Å². The summed E-state index contributed by atoms with van der Waals surface area (Å²) >= 11 is 3.08. The van der Waals surface area contributed by atoms with Crippen LogP contribution in [0.1, 0.15) is 30.6 Å². The zero-order valence-electron chi connectivity index (χ0n) is 10.3. The van der Waals surface area contributed by atoms with Crippen LogP contribution < -0.4 is 0 Å². The zero-order valence-corrected chi connectivity index (χ0v) is 11.9. The highest BCUT2D eigenvalue weighted by molar-refractivity contribution is 9.10. The van der Waals surface area contributed by atoms with Gasteiger partial charge in [-0.3, -0.25) is 4.79 Å². The lowest BCUT2D eigenvalue weighted by Crippen LogP contribution is -2.28. The Labute approximate surface area is 110 Å². The average Bonchev–Trinajstić information content (AvgIpc) is 2.28. The van der Waals surface area contributed by atoms with Crippen LogP contribution in [-0.2, 0) is 0 Å². The summed E-state index contributed by atoms with van der Waals surface area (Å²) < 4.78 is 13.4. The number of rotatable bonds is 4. The molecule has 0 atom stereocenters. The van der Waals surface area contributed by atoms with Crippen LogP contribution in [0.2, 0.25) is 0 Å². The molecule has 0 radical (unpaired) electrons. The van der Waals surface area contributed by atoms with Crippen molar-refractivity contribution in [3.63, 3.8) is 0 Å². The number of carbonyl (C=O) groups excluding carboxylic acids is 1. The minimum Gasteiger partial charge on any atom is -0.342 e. The lowest BCUT2D eigenvalue weighted by Gasteiger charge is -2.18. The second-order valence-corrected chi connectivity index (χ2v) is 5.39. The Bertz CT molecular complexity index is 406. The van der Waals surface area contributed by atoms with E-state index in [0.29, 0.717) is 22.5 Å². The smallest absolute Gasteiger partial charge is 0.253 e. The van der Waals surface area contributed by atoms with Gasteiger partial charge in [-0.15, -0.1) is 0 Å². The van der Waals surface area contributed by atoms with E-state index < -0.39 is 0 Å².